The maximum Gasteiger partial charge on any atom is 0.315 e. The van der Waals surface area contributed by atoms with Crippen molar-refractivity contribution in [2.75, 3.05) is 31.2 Å². The lowest BCUT2D eigenvalue weighted by molar-refractivity contribution is -0.139. The van der Waals surface area contributed by atoms with E-state index >= 15 is 0 Å². The van der Waals surface area contributed by atoms with Crippen molar-refractivity contribution in [2.24, 2.45) is 0 Å². The summed E-state index contributed by atoms with van der Waals surface area (Å²) in [4.78, 5) is 11.1. The summed E-state index contributed by atoms with van der Waals surface area (Å²) < 4.78 is 17.8. The fourth-order valence-corrected chi connectivity index (χ4v) is 2.42. The van der Waals surface area contributed by atoms with Gasteiger partial charge in [0.15, 0.2) is 0 Å². The Labute approximate surface area is 124 Å². The molecule has 1 rings (SSSR count). The molecule has 0 aliphatic carbocycles. The van der Waals surface area contributed by atoms with Gasteiger partial charge in [-0.3, -0.25) is 4.79 Å². The van der Waals surface area contributed by atoms with Gasteiger partial charge >= 0.3 is 5.97 Å². The molecule has 1 aromatic rings. The van der Waals surface area contributed by atoms with Crippen LogP contribution in [0.5, 0.6) is 0 Å². The van der Waals surface area contributed by atoms with Gasteiger partial charge in [-0.2, -0.15) is 0 Å². The van der Waals surface area contributed by atoms with E-state index in [1.165, 1.54) is 6.07 Å². The zero-order chi connectivity index (χ0) is 14.6. The predicted molar refractivity (Wildman–Crippen MR) is 81.5 cm³/mol. The van der Waals surface area contributed by atoms with Crippen LogP contribution in [0.25, 0.3) is 0 Å². The largest absolute Gasteiger partial charge is 0.465 e. The first-order valence-electron chi connectivity index (χ1n) is 6.91. The monoisotopic (exact) mass is 299 g/mol. The molecule has 0 unspecified atom stereocenters. The smallest absolute Gasteiger partial charge is 0.315 e. The summed E-state index contributed by atoms with van der Waals surface area (Å²) >= 11 is 1.57. The first kappa shape index (κ1) is 17.0. The molecular weight excluding hydrogens is 277 g/mol. The van der Waals surface area contributed by atoms with E-state index in [0.29, 0.717) is 12.4 Å². The highest BCUT2D eigenvalue weighted by Crippen LogP contribution is 2.05. The van der Waals surface area contributed by atoms with Crippen molar-refractivity contribution in [2.45, 2.75) is 19.8 Å². The number of ether oxygens (including phenoxy) is 1. The van der Waals surface area contributed by atoms with Crippen LogP contribution in [0.4, 0.5) is 4.39 Å². The molecule has 0 saturated carbocycles. The summed E-state index contributed by atoms with van der Waals surface area (Å²) in [5.74, 6) is 0.979. The summed E-state index contributed by atoms with van der Waals surface area (Å²) in [7, 11) is 0. The van der Waals surface area contributed by atoms with Gasteiger partial charge in [-0.05, 0) is 44.0 Å². The molecule has 0 aliphatic rings. The molecule has 3 nitrogen and oxygen atoms in total. The van der Waals surface area contributed by atoms with E-state index in [4.69, 9.17) is 4.74 Å². The maximum absolute atomic E-state index is 12.9. The molecule has 1 aromatic carbocycles. The minimum absolute atomic E-state index is 0.149. The normalized spacial score (nSPS) is 10.5. The Balaban J connectivity index is 1.94. The highest BCUT2D eigenvalue weighted by Gasteiger charge is 2.00. The van der Waals surface area contributed by atoms with Crippen LogP contribution in [0, 0.1) is 5.82 Å². The number of halogens is 1. The van der Waals surface area contributed by atoms with Gasteiger partial charge in [0.2, 0.25) is 0 Å². The molecule has 1 N–H and O–H groups in total. The number of benzene rings is 1. The third-order valence-corrected chi connectivity index (χ3v) is 3.59. The summed E-state index contributed by atoms with van der Waals surface area (Å²) in [6.45, 7) is 4.02. The number of rotatable bonds is 10. The minimum atomic E-state index is -0.175. The SMILES string of the molecule is CCOC(=O)CSCCNCCCc1cccc(F)c1. The van der Waals surface area contributed by atoms with E-state index < -0.39 is 0 Å². The molecule has 5 heteroatoms. The molecule has 0 fully saturated rings. The lowest BCUT2D eigenvalue weighted by Crippen LogP contribution is -2.19. The zero-order valence-corrected chi connectivity index (χ0v) is 12.7. The van der Waals surface area contributed by atoms with Gasteiger partial charge in [0.1, 0.15) is 5.82 Å². The average Bonchev–Trinajstić information content (AvgIpc) is 2.42. The molecule has 0 aromatic heterocycles. The topological polar surface area (TPSA) is 38.3 Å². The second kappa shape index (κ2) is 10.7. The number of carbonyl (C=O) groups excluding carboxylic acids is 1. The van der Waals surface area contributed by atoms with Crippen molar-refractivity contribution in [3.63, 3.8) is 0 Å². The number of aryl methyl sites for hydroxylation is 1. The average molecular weight is 299 g/mol. The van der Waals surface area contributed by atoms with Crippen molar-refractivity contribution in [1.29, 1.82) is 0 Å². The molecule has 0 radical (unpaired) electrons. The third-order valence-electron chi connectivity index (χ3n) is 2.66. The van der Waals surface area contributed by atoms with Crippen molar-refractivity contribution in [3.05, 3.63) is 35.6 Å². The maximum atomic E-state index is 12.9. The third kappa shape index (κ3) is 8.17. The summed E-state index contributed by atoms with van der Waals surface area (Å²) in [5.41, 5.74) is 1.03. The summed E-state index contributed by atoms with van der Waals surface area (Å²) in [6, 6.07) is 6.72. The predicted octanol–water partition coefficient (Wildman–Crippen LogP) is 2.64. The van der Waals surface area contributed by atoms with Crippen LogP contribution >= 0.6 is 11.8 Å². The Morgan fingerprint density at radius 2 is 2.25 bits per heavy atom. The second-order valence-electron chi connectivity index (χ2n) is 4.34. The molecular formula is C15H22FNO2S. The highest BCUT2D eigenvalue weighted by molar-refractivity contribution is 7.99. The number of hydrogen-bond acceptors (Lipinski definition) is 4. The quantitative estimate of drug-likeness (QED) is 0.532. The fraction of sp³-hybridized carbons (Fsp3) is 0.533. The molecule has 0 atom stereocenters. The van der Waals surface area contributed by atoms with Crippen molar-refractivity contribution >= 4 is 17.7 Å². The lowest BCUT2D eigenvalue weighted by atomic mass is 10.1. The van der Waals surface area contributed by atoms with Crippen LogP contribution in [0.3, 0.4) is 0 Å². The molecule has 0 spiro atoms. The van der Waals surface area contributed by atoms with Crippen LogP contribution < -0.4 is 5.32 Å². The summed E-state index contributed by atoms with van der Waals surface area (Å²) in [6.07, 6.45) is 1.85. The van der Waals surface area contributed by atoms with Crippen LogP contribution in [0.2, 0.25) is 0 Å². The van der Waals surface area contributed by atoms with Gasteiger partial charge in [-0.1, -0.05) is 12.1 Å². The van der Waals surface area contributed by atoms with Gasteiger partial charge in [0.25, 0.3) is 0 Å². The Morgan fingerprint density at radius 3 is 3.00 bits per heavy atom. The van der Waals surface area contributed by atoms with Crippen molar-refractivity contribution in [3.8, 4) is 0 Å². The van der Waals surface area contributed by atoms with Gasteiger partial charge in [0.05, 0.1) is 12.4 Å². The van der Waals surface area contributed by atoms with Gasteiger partial charge in [-0.15, -0.1) is 11.8 Å². The number of esters is 1. The van der Waals surface area contributed by atoms with E-state index in [1.54, 1.807) is 23.9 Å². The number of thioether (sulfide) groups is 1. The Bertz CT molecular complexity index is 401. The second-order valence-corrected chi connectivity index (χ2v) is 5.45. The number of nitrogens with one attached hydrogen (secondary N) is 1. The van der Waals surface area contributed by atoms with E-state index in [0.717, 1.165) is 37.2 Å². The van der Waals surface area contributed by atoms with Gasteiger partial charge < -0.3 is 10.1 Å². The van der Waals surface area contributed by atoms with Gasteiger partial charge in [0, 0.05) is 12.3 Å². The van der Waals surface area contributed by atoms with Crippen molar-refractivity contribution < 1.29 is 13.9 Å². The van der Waals surface area contributed by atoms with Crippen LogP contribution in [0.1, 0.15) is 18.9 Å². The van der Waals surface area contributed by atoms with Gasteiger partial charge in [-0.25, -0.2) is 4.39 Å². The first-order chi connectivity index (χ1) is 9.72. The molecule has 0 bridgehead atoms. The summed E-state index contributed by atoms with van der Waals surface area (Å²) in [5, 5.41) is 3.31. The Hall–Kier alpha value is -1.07. The first-order valence-corrected chi connectivity index (χ1v) is 8.06. The highest BCUT2D eigenvalue weighted by atomic mass is 32.2. The molecule has 0 heterocycles. The number of hydrogen-bond donors (Lipinski definition) is 1. The van der Waals surface area contributed by atoms with Crippen LogP contribution in [0.15, 0.2) is 24.3 Å². The van der Waals surface area contributed by atoms with Crippen LogP contribution in [-0.2, 0) is 16.0 Å². The molecule has 0 saturated heterocycles. The Morgan fingerprint density at radius 1 is 1.40 bits per heavy atom. The lowest BCUT2D eigenvalue weighted by Gasteiger charge is -2.05. The molecule has 20 heavy (non-hydrogen) atoms. The zero-order valence-electron chi connectivity index (χ0n) is 11.9. The van der Waals surface area contributed by atoms with Crippen LogP contribution in [-0.4, -0.2) is 37.2 Å². The standard InChI is InChI=1S/C15H22FNO2S/c1-2-19-15(18)12-20-10-9-17-8-4-6-13-5-3-7-14(16)11-13/h3,5,7,11,17H,2,4,6,8-10,12H2,1H3. The fourth-order valence-electron chi connectivity index (χ4n) is 1.74. The van der Waals surface area contributed by atoms with E-state index in [2.05, 4.69) is 5.32 Å². The van der Waals surface area contributed by atoms with E-state index in [1.807, 2.05) is 13.0 Å². The molecule has 0 aliphatic heterocycles. The van der Waals surface area contributed by atoms with E-state index in [9.17, 15) is 9.18 Å². The number of carbonyl (C=O) groups is 1. The molecule has 112 valence electrons. The van der Waals surface area contributed by atoms with E-state index in [-0.39, 0.29) is 11.8 Å². The molecule has 0 amide bonds. The Kier molecular flexibility index (Phi) is 9.07. The van der Waals surface area contributed by atoms with Crippen molar-refractivity contribution in [1.82, 2.24) is 5.32 Å². The minimum Gasteiger partial charge on any atom is -0.465 e.